The van der Waals surface area contributed by atoms with Gasteiger partial charge in [0.25, 0.3) is 5.91 Å². The van der Waals surface area contributed by atoms with Gasteiger partial charge in [-0.05, 0) is 37.6 Å². The monoisotopic (exact) mass is 322 g/mol. The Morgan fingerprint density at radius 3 is 2.58 bits per heavy atom. The van der Waals surface area contributed by atoms with E-state index in [0.29, 0.717) is 18.7 Å². The molecular formula is C20H22N2O2. The number of aromatic nitrogens is 1. The molecule has 3 rings (SSSR count). The van der Waals surface area contributed by atoms with Crippen LogP contribution in [-0.4, -0.2) is 36.0 Å². The summed E-state index contributed by atoms with van der Waals surface area (Å²) in [6, 6.07) is 15.5. The molecule has 0 aliphatic heterocycles. The quantitative estimate of drug-likeness (QED) is 0.773. The van der Waals surface area contributed by atoms with Crippen molar-refractivity contribution in [3.05, 3.63) is 65.4 Å². The Morgan fingerprint density at radius 1 is 1.08 bits per heavy atom. The number of carbonyl (C=O) groups is 1. The van der Waals surface area contributed by atoms with Crippen LogP contribution in [0.5, 0.6) is 5.75 Å². The summed E-state index contributed by atoms with van der Waals surface area (Å²) in [5.74, 6) is 0.814. The zero-order valence-corrected chi connectivity index (χ0v) is 14.3. The number of nitrogens with zero attached hydrogens (tertiary/aromatic N) is 1. The standard InChI is InChI=1S/C20H22N2O2/c1-14-15(2)21-19-17(14)10-7-11-18(19)20(23)22(3)12-13-24-16-8-5-4-6-9-16/h4-11,21H,12-13H2,1-3H3. The van der Waals surface area contributed by atoms with E-state index in [1.54, 1.807) is 11.9 Å². The van der Waals surface area contributed by atoms with Crippen LogP contribution in [0.15, 0.2) is 48.5 Å². The molecule has 4 heteroatoms. The van der Waals surface area contributed by atoms with E-state index < -0.39 is 0 Å². The van der Waals surface area contributed by atoms with Crippen LogP contribution in [0.3, 0.4) is 0 Å². The van der Waals surface area contributed by atoms with Gasteiger partial charge in [-0.3, -0.25) is 4.79 Å². The van der Waals surface area contributed by atoms with E-state index in [4.69, 9.17) is 4.74 Å². The minimum Gasteiger partial charge on any atom is -0.492 e. The maximum Gasteiger partial charge on any atom is 0.255 e. The van der Waals surface area contributed by atoms with Crippen molar-refractivity contribution in [3.8, 4) is 5.75 Å². The van der Waals surface area contributed by atoms with Crippen molar-refractivity contribution in [1.29, 1.82) is 0 Å². The third kappa shape index (κ3) is 3.13. The molecule has 4 nitrogen and oxygen atoms in total. The molecule has 0 bridgehead atoms. The van der Waals surface area contributed by atoms with Crippen molar-refractivity contribution in [2.75, 3.05) is 20.2 Å². The number of carbonyl (C=O) groups excluding carboxylic acids is 1. The predicted molar refractivity (Wildman–Crippen MR) is 96.7 cm³/mol. The molecule has 0 saturated heterocycles. The number of amides is 1. The molecular weight excluding hydrogens is 300 g/mol. The van der Waals surface area contributed by atoms with E-state index >= 15 is 0 Å². The molecule has 0 aliphatic rings. The smallest absolute Gasteiger partial charge is 0.255 e. The molecule has 24 heavy (non-hydrogen) atoms. The highest BCUT2D eigenvalue weighted by Crippen LogP contribution is 2.24. The fraction of sp³-hybridized carbons (Fsp3) is 0.250. The van der Waals surface area contributed by atoms with E-state index in [1.165, 1.54) is 5.56 Å². The highest BCUT2D eigenvalue weighted by molar-refractivity contribution is 6.06. The van der Waals surface area contributed by atoms with Crippen LogP contribution in [0, 0.1) is 13.8 Å². The number of hydrogen-bond acceptors (Lipinski definition) is 2. The van der Waals surface area contributed by atoms with E-state index in [2.05, 4.69) is 11.9 Å². The average Bonchev–Trinajstić information content (AvgIpc) is 2.90. The van der Waals surface area contributed by atoms with Gasteiger partial charge in [0.05, 0.1) is 17.6 Å². The Hall–Kier alpha value is -2.75. The van der Waals surface area contributed by atoms with Crippen molar-refractivity contribution < 1.29 is 9.53 Å². The Balaban J connectivity index is 1.71. The molecule has 3 aromatic rings. The molecule has 0 unspecified atom stereocenters. The first-order chi connectivity index (χ1) is 11.6. The minimum atomic E-state index is -0.00138. The molecule has 124 valence electrons. The summed E-state index contributed by atoms with van der Waals surface area (Å²) < 4.78 is 5.67. The molecule has 0 spiro atoms. The van der Waals surface area contributed by atoms with Gasteiger partial charge in [-0.15, -0.1) is 0 Å². The second kappa shape index (κ2) is 6.79. The Bertz CT molecular complexity index is 853. The normalized spacial score (nSPS) is 10.8. The highest BCUT2D eigenvalue weighted by Gasteiger charge is 2.17. The Morgan fingerprint density at radius 2 is 1.83 bits per heavy atom. The van der Waals surface area contributed by atoms with Crippen LogP contribution >= 0.6 is 0 Å². The molecule has 2 aromatic carbocycles. The predicted octanol–water partition coefficient (Wildman–Crippen LogP) is 3.94. The van der Waals surface area contributed by atoms with Crippen LogP contribution in [-0.2, 0) is 0 Å². The molecule has 0 aliphatic carbocycles. The lowest BCUT2D eigenvalue weighted by Crippen LogP contribution is -2.31. The first-order valence-corrected chi connectivity index (χ1v) is 8.09. The molecule has 1 N–H and O–H groups in total. The topological polar surface area (TPSA) is 45.3 Å². The van der Waals surface area contributed by atoms with Crippen LogP contribution in [0.25, 0.3) is 10.9 Å². The van der Waals surface area contributed by atoms with Gasteiger partial charge >= 0.3 is 0 Å². The van der Waals surface area contributed by atoms with Gasteiger partial charge in [-0.25, -0.2) is 0 Å². The number of H-pyrrole nitrogens is 1. The number of para-hydroxylation sites is 2. The molecule has 1 aromatic heterocycles. The van der Waals surface area contributed by atoms with E-state index in [0.717, 1.165) is 22.3 Å². The largest absolute Gasteiger partial charge is 0.492 e. The van der Waals surface area contributed by atoms with Crippen LogP contribution in [0.2, 0.25) is 0 Å². The number of benzene rings is 2. The fourth-order valence-corrected chi connectivity index (χ4v) is 2.79. The summed E-state index contributed by atoms with van der Waals surface area (Å²) in [5.41, 5.74) is 3.90. The number of aromatic amines is 1. The molecule has 0 atom stereocenters. The van der Waals surface area contributed by atoms with Crippen molar-refractivity contribution in [3.63, 3.8) is 0 Å². The fourth-order valence-electron chi connectivity index (χ4n) is 2.79. The van der Waals surface area contributed by atoms with Gasteiger partial charge in [0.1, 0.15) is 12.4 Å². The van der Waals surface area contributed by atoms with Crippen LogP contribution in [0.1, 0.15) is 21.6 Å². The number of fused-ring (bicyclic) bond motifs is 1. The van der Waals surface area contributed by atoms with E-state index in [9.17, 15) is 4.79 Å². The first kappa shape index (κ1) is 16.1. The zero-order chi connectivity index (χ0) is 17.1. The van der Waals surface area contributed by atoms with E-state index in [-0.39, 0.29) is 5.91 Å². The Kier molecular flexibility index (Phi) is 4.56. The third-order valence-corrected chi connectivity index (χ3v) is 4.36. The van der Waals surface area contributed by atoms with Crippen molar-refractivity contribution in [1.82, 2.24) is 9.88 Å². The summed E-state index contributed by atoms with van der Waals surface area (Å²) in [7, 11) is 1.80. The van der Waals surface area contributed by atoms with Gasteiger partial charge in [0.2, 0.25) is 0 Å². The molecule has 1 heterocycles. The lowest BCUT2D eigenvalue weighted by molar-refractivity contribution is 0.0775. The number of ether oxygens (including phenoxy) is 1. The van der Waals surface area contributed by atoms with Crippen molar-refractivity contribution in [2.24, 2.45) is 0 Å². The number of hydrogen-bond donors (Lipinski definition) is 1. The van der Waals surface area contributed by atoms with Crippen molar-refractivity contribution >= 4 is 16.8 Å². The van der Waals surface area contributed by atoms with Gasteiger partial charge in [0, 0.05) is 18.1 Å². The Labute approximate surface area is 142 Å². The summed E-state index contributed by atoms with van der Waals surface area (Å²) in [6.07, 6.45) is 0. The lowest BCUT2D eigenvalue weighted by atomic mass is 10.1. The summed E-state index contributed by atoms with van der Waals surface area (Å²) in [5, 5.41) is 1.10. The summed E-state index contributed by atoms with van der Waals surface area (Å²) in [4.78, 5) is 17.8. The zero-order valence-electron chi connectivity index (χ0n) is 14.3. The molecule has 0 radical (unpaired) electrons. The summed E-state index contributed by atoms with van der Waals surface area (Å²) in [6.45, 7) is 5.09. The number of aryl methyl sites for hydroxylation is 2. The lowest BCUT2D eigenvalue weighted by Gasteiger charge is -2.18. The maximum atomic E-state index is 12.8. The van der Waals surface area contributed by atoms with Crippen LogP contribution in [0.4, 0.5) is 0 Å². The number of likely N-dealkylation sites (N-methyl/N-ethyl adjacent to an activating group) is 1. The second-order valence-electron chi connectivity index (χ2n) is 5.99. The average molecular weight is 322 g/mol. The summed E-state index contributed by atoms with van der Waals surface area (Å²) >= 11 is 0. The van der Waals surface area contributed by atoms with Gasteiger partial charge in [0.15, 0.2) is 0 Å². The van der Waals surface area contributed by atoms with E-state index in [1.807, 2.05) is 55.5 Å². The maximum absolute atomic E-state index is 12.8. The van der Waals surface area contributed by atoms with Crippen LogP contribution < -0.4 is 4.74 Å². The van der Waals surface area contributed by atoms with Gasteiger partial charge < -0.3 is 14.6 Å². The third-order valence-electron chi connectivity index (χ3n) is 4.36. The minimum absolute atomic E-state index is 0.00138. The highest BCUT2D eigenvalue weighted by atomic mass is 16.5. The van der Waals surface area contributed by atoms with Gasteiger partial charge in [-0.2, -0.15) is 0 Å². The first-order valence-electron chi connectivity index (χ1n) is 8.09. The van der Waals surface area contributed by atoms with Gasteiger partial charge in [-0.1, -0.05) is 30.3 Å². The molecule has 1 amide bonds. The number of nitrogens with one attached hydrogen (secondary N) is 1. The SMILES string of the molecule is Cc1[nH]c2c(C(=O)N(C)CCOc3ccccc3)cccc2c1C. The molecule has 0 fully saturated rings. The second-order valence-corrected chi connectivity index (χ2v) is 5.99. The molecule has 0 saturated carbocycles. The number of rotatable bonds is 5. The van der Waals surface area contributed by atoms with Crippen molar-refractivity contribution in [2.45, 2.75) is 13.8 Å².